The minimum Gasteiger partial charge on any atom is -0.490 e. The average molecular weight is 415 g/mol. The summed E-state index contributed by atoms with van der Waals surface area (Å²) < 4.78 is 6.27. The van der Waals surface area contributed by atoms with Crippen molar-refractivity contribution in [3.63, 3.8) is 0 Å². The Kier molecular flexibility index (Phi) is 6.21. The van der Waals surface area contributed by atoms with Crippen LogP contribution >= 0.6 is 0 Å². The quantitative estimate of drug-likeness (QED) is 0.577. The number of hydrogen-bond donors (Lipinski definition) is 3. The SMILES string of the molecule is CCCCC1(C(O)/C=C/[C@@H]2[C@H]3CCCc4ccc(C(=O)O)cc4O[C@H]3C[C@H]2O)CC1. The summed E-state index contributed by atoms with van der Waals surface area (Å²) in [5.41, 5.74) is 1.32. The third-order valence-electron chi connectivity index (χ3n) is 7.53. The van der Waals surface area contributed by atoms with Crippen LogP contribution in [0.3, 0.4) is 0 Å². The molecule has 5 atom stereocenters. The Balaban J connectivity index is 1.48. The molecule has 2 fully saturated rings. The normalized spacial score (nSPS) is 30.6. The number of unbranched alkanes of at least 4 members (excludes halogenated alkanes) is 1. The molecule has 0 radical (unpaired) electrons. The average Bonchev–Trinajstić information content (AvgIpc) is 3.45. The van der Waals surface area contributed by atoms with Crippen molar-refractivity contribution in [1.82, 2.24) is 0 Å². The Bertz CT molecular complexity index is 797. The van der Waals surface area contributed by atoms with Gasteiger partial charge in [0.05, 0.1) is 17.8 Å². The summed E-state index contributed by atoms with van der Waals surface area (Å²) in [4.78, 5) is 11.3. The molecule has 5 nitrogen and oxygen atoms in total. The first-order valence-corrected chi connectivity index (χ1v) is 11.5. The summed E-state index contributed by atoms with van der Waals surface area (Å²) >= 11 is 0. The summed E-state index contributed by atoms with van der Waals surface area (Å²) in [6.45, 7) is 2.18. The van der Waals surface area contributed by atoms with E-state index in [-0.39, 0.29) is 28.9 Å². The van der Waals surface area contributed by atoms with E-state index in [1.807, 2.05) is 18.2 Å². The van der Waals surface area contributed by atoms with Crippen LogP contribution in [0.4, 0.5) is 0 Å². The Hall–Kier alpha value is -1.85. The van der Waals surface area contributed by atoms with Gasteiger partial charge in [-0.25, -0.2) is 4.79 Å². The van der Waals surface area contributed by atoms with Crippen LogP contribution in [0.15, 0.2) is 30.4 Å². The molecule has 1 aromatic carbocycles. The molecule has 1 unspecified atom stereocenters. The number of fused-ring (bicyclic) bond motifs is 2. The second-order valence-corrected chi connectivity index (χ2v) is 9.52. The minimum absolute atomic E-state index is 0.0316. The minimum atomic E-state index is -0.960. The van der Waals surface area contributed by atoms with Crippen LogP contribution in [0.5, 0.6) is 5.75 Å². The molecule has 1 aliphatic heterocycles. The molecule has 30 heavy (non-hydrogen) atoms. The van der Waals surface area contributed by atoms with Crippen LogP contribution in [0, 0.1) is 17.3 Å². The van der Waals surface area contributed by atoms with E-state index in [1.165, 1.54) is 0 Å². The molecule has 0 saturated heterocycles. The number of aliphatic hydroxyl groups excluding tert-OH is 2. The van der Waals surface area contributed by atoms with Gasteiger partial charge in [-0.15, -0.1) is 0 Å². The molecule has 2 saturated carbocycles. The molecule has 2 aliphatic carbocycles. The van der Waals surface area contributed by atoms with Crippen LogP contribution in [0.25, 0.3) is 0 Å². The van der Waals surface area contributed by atoms with Gasteiger partial charge in [0.25, 0.3) is 0 Å². The fourth-order valence-electron chi connectivity index (χ4n) is 5.40. The Morgan fingerprint density at radius 1 is 1.37 bits per heavy atom. The number of rotatable bonds is 7. The Labute approximate surface area is 178 Å². The van der Waals surface area contributed by atoms with E-state index < -0.39 is 18.2 Å². The zero-order valence-electron chi connectivity index (χ0n) is 17.8. The van der Waals surface area contributed by atoms with Crippen LogP contribution in [-0.4, -0.2) is 39.6 Å². The van der Waals surface area contributed by atoms with E-state index in [9.17, 15) is 20.1 Å². The highest BCUT2D eigenvalue weighted by atomic mass is 16.5. The van der Waals surface area contributed by atoms with Gasteiger partial charge in [0, 0.05) is 18.3 Å². The highest BCUT2D eigenvalue weighted by Gasteiger charge is 2.48. The largest absolute Gasteiger partial charge is 0.490 e. The number of carbonyl (C=O) groups is 1. The Morgan fingerprint density at radius 3 is 2.87 bits per heavy atom. The monoisotopic (exact) mass is 414 g/mol. The van der Waals surface area contributed by atoms with Crippen molar-refractivity contribution in [2.75, 3.05) is 0 Å². The molecule has 164 valence electrons. The zero-order valence-corrected chi connectivity index (χ0v) is 17.8. The van der Waals surface area contributed by atoms with Crippen molar-refractivity contribution in [3.05, 3.63) is 41.5 Å². The van der Waals surface area contributed by atoms with Gasteiger partial charge in [0.15, 0.2) is 0 Å². The number of hydrogen-bond acceptors (Lipinski definition) is 4. The van der Waals surface area contributed by atoms with Crippen molar-refractivity contribution in [2.45, 2.75) is 83.0 Å². The molecule has 0 spiro atoms. The number of aliphatic hydroxyl groups is 2. The topological polar surface area (TPSA) is 87.0 Å². The van der Waals surface area contributed by atoms with Crippen LogP contribution in [0.2, 0.25) is 0 Å². The maximum atomic E-state index is 11.3. The van der Waals surface area contributed by atoms with Crippen LogP contribution in [0.1, 0.15) is 74.2 Å². The lowest BCUT2D eigenvalue weighted by atomic mass is 9.85. The number of carboxylic acids is 1. The predicted molar refractivity (Wildman–Crippen MR) is 115 cm³/mol. The number of aryl methyl sites for hydroxylation is 1. The molecular formula is C25H34O5. The first kappa shape index (κ1) is 21.4. The highest BCUT2D eigenvalue weighted by molar-refractivity contribution is 5.88. The number of aromatic carboxylic acids is 1. The molecule has 0 aromatic heterocycles. The maximum absolute atomic E-state index is 11.3. The second kappa shape index (κ2) is 8.72. The van der Waals surface area contributed by atoms with Gasteiger partial charge in [0.2, 0.25) is 0 Å². The number of benzene rings is 1. The lowest BCUT2D eigenvalue weighted by Crippen LogP contribution is -2.27. The number of ether oxygens (including phenoxy) is 1. The molecule has 1 aromatic rings. The van der Waals surface area contributed by atoms with Gasteiger partial charge in [-0.2, -0.15) is 0 Å². The summed E-state index contributed by atoms with van der Waals surface area (Å²) in [6, 6.07) is 5.10. The molecule has 0 bridgehead atoms. The van der Waals surface area contributed by atoms with Crippen molar-refractivity contribution >= 4 is 5.97 Å². The third kappa shape index (κ3) is 4.28. The fraction of sp³-hybridized carbons (Fsp3) is 0.640. The molecule has 5 heteroatoms. The van der Waals surface area contributed by atoms with E-state index in [0.29, 0.717) is 12.2 Å². The van der Waals surface area contributed by atoms with E-state index in [1.54, 1.807) is 12.1 Å². The summed E-state index contributed by atoms with van der Waals surface area (Å²) in [7, 11) is 0. The zero-order chi connectivity index (χ0) is 21.3. The van der Waals surface area contributed by atoms with Gasteiger partial charge in [-0.3, -0.25) is 0 Å². The van der Waals surface area contributed by atoms with Crippen molar-refractivity contribution in [3.8, 4) is 5.75 Å². The van der Waals surface area contributed by atoms with Crippen molar-refractivity contribution in [1.29, 1.82) is 0 Å². The van der Waals surface area contributed by atoms with E-state index in [4.69, 9.17) is 4.74 Å². The summed E-state index contributed by atoms with van der Waals surface area (Å²) in [6.07, 6.45) is 11.7. The molecule has 3 aliphatic rings. The van der Waals surface area contributed by atoms with Crippen LogP contribution in [-0.2, 0) is 6.42 Å². The van der Waals surface area contributed by atoms with E-state index in [0.717, 1.165) is 56.9 Å². The van der Waals surface area contributed by atoms with E-state index >= 15 is 0 Å². The van der Waals surface area contributed by atoms with E-state index in [2.05, 4.69) is 6.92 Å². The van der Waals surface area contributed by atoms with Gasteiger partial charge >= 0.3 is 5.97 Å². The molecule has 0 amide bonds. The molecular weight excluding hydrogens is 380 g/mol. The second-order valence-electron chi connectivity index (χ2n) is 9.52. The highest BCUT2D eigenvalue weighted by Crippen LogP contribution is 2.53. The van der Waals surface area contributed by atoms with Crippen LogP contribution < -0.4 is 4.74 Å². The first-order chi connectivity index (χ1) is 14.4. The van der Waals surface area contributed by atoms with Gasteiger partial charge in [-0.05, 0) is 61.6 Å². The van der Waals surface area contributed by atoms with Gasteiger partial charge in [0.1, 0.15) is 11.9 Å². The van der Waals surface area contributed by atoms with Crippen molar-refractivity contribution in [2.24, 2.45) is 17.3 Å². The Morgan fingerprint density at radius 2 is 2.17 bits per heavy atom. The smallest absolute Gasteiger partial charge is 0.335 e. The first-order valence-electron chi connectivity index (χ1n) is 11.5. The molecule has 1 heterocycles. The molecule has 4 rings (SSSR count). The van der Waals surface area contributed by atoms with Crippen molar-refractivity contribution < 1.29 is 24.9 Å². The summed E-state index contributed by atoms with van der Waals surface area (Å²) in [5, 5.41) is 30.8. The standard InChI is InChI=1S/C25H34O5/c1-2-3-11-25(12-13-25)23(27)10-9-18-19-6-4-5-16-7-8-17(24(28)29)14-21(16)30-22(19)15-20(18)26/h7-10,14,18-20,22-23,26-27H,2-6,11-13,15H2,1H3,(H,28,29)/b10-9+/t18-,19-,20-,22+,23?/m1/s1. The summed E-state index contributed by atoms with van der Waals surface area (Å²) in [5.74, 6) is -0.178. The predicted octanol–water partition coefficient (Wildman–Crippen LogP) is 4.35. The third-order valence-corrected chi connectivity index (χ3v) is 7.53. The lowest BCUT2D eigenvalue weighted by Gasteiger charge is -2.28. The fourth-order valence-corrected chi connectivity index (χ4v) is 5.40. The number of carboxylic acid groups (broad SMARTS) is 1. The molecule has 3 N–H and O–H groups in total. The lowest BCUT2D eigenvalue weighted by molar-refractivity contribution is 0.0695. The van der Waals surface area contributed by atoms with Gasteiger partial charge in [-0.1, -0.05) is 38.0 Å². The maximum Gasteiger partial charge on any atom is 0.335 e. The van der Waals surface area contributed by atoms with Gasteiger partial charge < -0.3 is 20.1 Å².